The molecule has 2 aromatic carbocycles. The molecule has 34 heavy (non-hydrogen) atoms. The molecule has 0 fully saturated rings. The van der Waals surface area contributed by atoms with E-state index in [-0.39, 0.29) is 11.7 Å². The average molecular weight is 462 g/mol. The number of halogens is 1. The van der Waals surface area contributed by atoms with Crippen LogP contribution in [0.2, 0.25) is 0 Å². The topological polar surface area (TPSA) is 104 Å². The van der Waals surface area contributed by atoms with Gasteiger partial charge < -0.3 is 15.5 Å². The van der Waals surface area contributed by atoms with Gasteiger partial charge in [-0.3, -0.25) is 14.8 Å². The van der Waals surface area contributed by atoms with Crippen molar-refractivity contribution in [1.82, 2.24) is 19.7 Å². The Morgan fingerprint density at radius 2 is 1.88 bits per heavy atom. The summed E-state index contributed by atoms with van der Waals surface area (Å²) in [7, 11) is 5.02. The molecule has 2 heterocycles. The van der Waals surface area contributed by atoms with Crippen molar-refractivity contribution in [2.45, 2.75) is 6.54 Å². The minimum Gasteiger partial charge on any atom is -0.380 e. The van der Waals surface area contributed by atoms with Crippen molar-refractivity contribution in [3.05, 3.63) is 77.9 Å². The van der Waals surface area contributed by atoms with Crippen LogP contribution >= 0.6 is 0 Å². The van der Waals surface area contributed by atoms with Gasteiger partial charge in [-0.25, -0.2) is 14.2 Å². The lowest BCUT2D eigenvalue weighted by Gasteiger charge is -2.14. The first-order valence-electron chi connectivity index (χ1n) is 10.5. The number of aryl methyl sites for hydroxylation is 1. The molecule has 0 saturated heterocycles. The Bertz CT molecular complexity index is 1370. The maximum atomic E-state index is 14.5. The number of fused-ring (bicyclic) bond motifs is 1. The number of carbonyl (C=O) groups is 2. The van der Waals surface area contributed by atoms with Crippen LogP contribution in [-0.2, 0) is 13.6 Å². The van der Waals surface area contributed by atoms with Gasteiger partial charge in [0.1, 0.15) is 22.8 Å². The predicted molar refractivity (Wildman–Crippen MR) is 129 cm³/mol. The Morgan fingerprint density at radius 3 is 2.68 bits per heavy atom. The van der Waals surface area contributed by atoms with Crippen molar-refractivity contribution < 1.29 is 14.0 Å². The van der Waals surface area contributed by atoms with Crippen LogP contribution in [0.5, 0.6) is 0 Å². The number of hydrogen-bond donors (Lipinski definition) is 3. The predicted octanol–water partition coefficient (Wildman–Crippen LogP) is 4.07. The molecular formula is C24H24FN7O2. The van der Waals surface area contributed by atoms with Crippen LogP contribution in [0.25, 0.3) is 10.9 Å². The number of aromatic nitrogens is 3. The van der Waals surface area contributed by atoms with Gasteiger partial charge >= 0.3 is 6.03 Å². The monoisotopic (exact) mass is 461 g/mol. The van der Waals surface area contributed by atoms with Crippen molar-refractivity contribution in [1.29, 1.82) is 0 Å². The number of nitrogens with zero attached hydrogens (tertiary/aromatic N) is 4. The highest BCUT2D eigenvalue weighted by atomic mass is 19.1. The molecule has 4 rings (SSSR count). The fraction of sp³-hybridized carbons (Fsp3) is 0.167. The maximum Gasteiger partial charge on any atom is 0.322 e. The summed E-state index contributed by atoms with van der Waals surface area (Å²) in [5, 5.41) is 13.6. The molecule has 0 saturated carbocycles. The van der Waals surface area contributed by atoms with Gasteiger partial charge in [0.15, 0.2) is 0 Å². The number of pyridine rings is 1. The number of nitrogens with one attached hydrogen (secondary N) is 3. The third kappa shape index (κ3) is 4.96. The molecule has 174 valence electrons. The molecule has 9 nitrogen and oxygen atoms in total. The summed E-state index contributed by atoms with van der Waals surface area (Å²) in [4.78, 5) is 30.5. The molecule has 0 spiro atoms. The maximum absolute atomic E-state index is 14.5. The molecule has 3 N–H and O–H groups in total. The summed E-state index contributed by atoms with van der Waals surface area (Å²) in [6, 6.07) is 13.1. The fourth-order valence-electron chi connectivity index (χ4n) is 3.39. The molecule has 3 amide bonds. The molecule has 0 aliphatic rings. The van der Waals surface area contributed by atoms with Gasteiger partial charge in [-0.1, -0.05) is 12.1 Å². The lowest BCUT2D eigenvalue weighted by atomic mass is 10.1. The molecule has 2 aromatic heterocycles. The molecule has 0 aliphatic heterocycles. The second-order valence-corrected chi connectivity index (χ2v) is 7.89. The lowest BCUT2D eigenvalue weighted by molar-refractivity contribution is 0.102. The second kappa shape index (κ2) is 9.57. The van der Waals surface area contributed by atoms with Crippen LogP contribution in [-0.4, -0.2) is 45.7 Å². The highest BCUT2D eigenvalue weighted by Gasteiger charge is 2.17. The normalized spacial score (nSPS) is 10.7. The molecule has 0 atom stereocenters. The molecule has 4 aromatic rings. The molecule has 0 bridgehead atoms. The summed E-state index contributed by atoms with van der Waals surface area (Å²) in [6.45, 7) is 0.377. The Hall–Kier alpha value is -4.47. The Morgan fingerprint density at radius 1 is 1.09 bits per heavy atom. The van der Waals surface area contributed by atoms with E-state index in [2.05, 4.69) is 26.0 Å². The van der Waals surface area contributed by atoms with Gasteiger partial charge in [0, 0.05) is 51.2 Å². The van der Waals surface area contributed by atoms with E-state index in [1.165, 1.54) is 11.0 Å². The van der Waals surface area contributed by atoms with Crippen molar-refractivity contribution in [2.24, 2.45) is 7.05 Å². The number of carbonyl (C=O) groups excluding carboxylic acids is 2. The first kappa shape index (κ1) is 22.7. The fourth-order valence-corrected chi connectivity index (χ4v) is 3.39. The first-order valence-corrected chi connectivity index (χ1v) is 10.5. The average Bonchev–Trinajstić information content (AvgIpc) is 3.20. The van der Waals surface area contributed by atoms with Gasteiger partial charge in [-0.15, -0.1) is 0 Å². The van der Waals surface area contributed by atoms with E-state index in [0.29, 0.717) is 29.1 Å². The summed E-state index contributed by atoms with van der Waals surface area (Å²) < 4.78 is 16.1. The summed E-state index contributed by atoms with van der Waals surface area (Å²) in [5.74, 6) is -0.606. The molecule has 0 aliphatic carbocycles. The van der Waals surface area contributed by atoms with Crippen LogP contribution in [0, 0.1) is 5.82 Å². The highest BCUT2D eigenvalue weighted by molar-refractivity contribution is 6.11. The number of anilines is 3. The van der Waals surface area contributed by atoms with E-state index in [4.69, 9.17) is 0 Å². The standard InChI is InChI=1S/C24H24FN7O2/c1-31(2)24(34)28-20-12-15(10-11-26-20)13-27-19-7-5-4-6-17(19)23(33)29-22-18(25)9-8-16-14-32(3)30-21(16)22/h4-12,14,27H,13H2,1-3H3,(H,29,33)(H,26,28,34). The zero-order chi connectivity index (χ0) is 24.2. The second-order valence-electron chi connectivity index (χ2n) is 7.89. The van der Waals surface area contributed by atoms with Crippen LogP contribution in [0.1, 0.15) is 15.9 Å². The van der Waals surface area contributed by atoms with Gasteiger partial charge in [0.2, 0.25) is 0 Å². The molecule has 10 heteroatoms. The quantitative estimate of drug-likeness (QED) is 0.402. The van der Waals surface area contributed by atoms with E-state index in [1.807, 2.05) is 0 Å². The minimum absolute atomic E-state index is 0.0355. The third-order valence-electron chi connectivity index (χ3n) is 5.10. The van der Waals surface area contributed by atoms with Crippen LogP contribution in [0.15, 0.2) is 60.9 Å². The summed E-state index contributed by atoms with van der Waals surface area (Å²) in [5.41, 5.74) is 2.19. The first-order chi connectivity index (χ1) is 16.3. The van der Waals surface area contributed by atoms with E-state index in [1.54, 1.807) is 80.7 Å². The third-order valence-corrected chi connectivity index (χ3v) is 5.10. The summed E-state index contributed by atoms with van der Waals surface area (Å²) in [6.07, 6.45) is 3.35. The van der Waals surface area contributed by atoms with Crippen LogP contribution in [0.4, 0.5) is 26.4 Å². The van der Waals surface area contributed by atoms with Gasteiger partial charge in [0.05, 0.1) is 5.56 Å². The van der Waals surface area contributed by atoms with E-state index in [0.717, 1.165) is 10.9 Å². The molecular weight excluding hydrogens is 437 g/mol. The van der Waals surface area contributed by atoms with E-state index in [9.17, 15) is 14.0 Å². The molecule has 0 unspecified atom stereocenters. The summed E-state index contributed by atoms with van der Waals surface area (Å²) >= 11 is 0. The van der Waals surface area contributed by atoms with Crippen molar-refractivity contribution in [3.63, 3.8) is 0 Å². The Labute approximate surface area is 195 Å². The number of urea groups is 1. The number of rotatable bonds is 6. The van der Waals surface area contributed by atoms with Gasteiger partial charge in [-0.05, 0) is 42.0 Å². The van der Waals surface area contributed by atoms with E-state index < -0.39 is 11.7 Å². The van der Waals surface area contributed by atoms with Crippen molar-refractivity contribution in [3.8, 4) is 0 Å². The van der Waals surface area contributed by atoms with Crippen molar-refractivity contribution >= 4 is 40.0 Å². The number of amides is 3. The van der Waals surface area contributed by atoms with Crippen molar-refractivity contribution in [2.75, 3.05) is 30.0 Å². The van der Waals surface area contributed by atoms with Crippen LogP contribution < -0.4 is 16.0 Å². The van der Waals surface area contributed by atoms with Crippen LogP contribution in [0.3, 0.4) is 0 Å². The largest absolute Gasteiger partial charge is 0.380 e. The van der Waals surface area contributed by atoms with E-state index >= 15 is 0 Å². The zero-order valence-corrected chi connectivity index (χ0v) is 19.0. The number of hydrogen-bond acceptors (Lipinski definition) is 5. The number of para-hydroxylation sites is 1. The zero-order valence-electron chi connectivity index (χ0n) is 19.0. The molecule has 0 radical (unpaired) electrons. The SMILES string of the molecule is CN(C)C(=O)Nc1cc(CNc2ccccc2C(=O)Nc2c(F)ccc3cn(C)nc23)ccn1. The minimum atomic E-state index is -0.561. The highest BCUT2D eigenvalue weighted by Crippen LogP contribution is 2.27. The number of benzene rings is 2. The van der Waals surface area contributed by atoms with Gasteiger partial charge in [0.25, 0.3) is 5.91 Å². The van der Waals surface area contributed by atoms with Gasteiger partial charge in [-0.2, -0.15) is 5.10 Å². The lowest BCUT2D eigenvalue weighted by Crippen LogP contribution is -2.27. The Kier molecular flexibility index (Phi) is 6.39. The Balaban J connectivity index is 1.51. The smallest absolute Gasteiger partial charge is 0.322 e.